The number of carbonyl (C=O) groups excluding carboxylic acids is 1. The van der Waals surface area contributed by atoms with Crippen molar-refractivity contribution < 1.29 is 13.9 Å². The standard InChI is InChI=1S/C6H8FNO2/c7-6(5(9)10-6)8-3-1-2-4-8/h1-4H2. The van der Waals surface area contributed by atoms with Crippen LogP contribution in [-0.2, 0) is 9.53 Å². The maximum atomic E-state index is 13.0. The molecule has 0 N–H and O–H groups in total. The van der Waals surface area contributed by atoms with Crippen LogP contribution in [0.1, 0.15) is 12.8 Å². The minimum absolute atomic E-state index is 0.641. The summed E-state index contributed by atoms with van der Waals surface area (Å²) in [6.45, 7) is 1.28. The van der Waals surface area contributed by atoms with E-state index in [1.54, 1.807) is 0 Å². The molecule has 0 spiro atoms. The number of hydrogen-bond donors (Lipinski definition) is 0. The summed E-state index contributed by atoms with van der Waals surface area (Å²) in [4.78, 5) is 11.8. The summed E-state index contributed by atoms with van der Waals surface area (Å²) in [6.07, 6.45) is 1.92. The average molecular weight is 145 g/mol. The molecule has 0 aromatic carbocycles. The topological polar surface area (TPSA) is 32.8 Å². The van der Waals surface area contributed by atoms with E-state index in [1.165, 1.54) is 4.90 Å². The van der Waals surface area contributed by atoms with Gasteiger partial charge >= 0.3 is 11.9 Å². The average Bonchev–Trinajstić information content (AvgIpc) is 2.35. The molecule has 0 aromatic heterocycles. The summed E-state index contributed by atoms with van der Waals surface area (Å²) >= 11 is 0. The number of carbonyl (C=O) groups is 1. The van der Waals surface area contributed by atoms with Gasteiger partial charge in [-0.3, -0.25) is 0 Å². The summed E-state index contributed by atoms with van der Waals surface area (Å²) in [5.74, 6) is -2.74. The monoisotopic (exact) mass is 145 g/mol. The summed E-state index contributed by atoms with van der Waals surface area (Å²) in [6, 6.07) is 0. The highest BCUT2D eigenvalue weighted by Gasteiger charge is 2.65. The van der Waals surface area contributed by atoms with Gasteiger partial charge in [-0.2, -0.15) is 4.39 Å². The SMILES string of the molecule is O=C1OC1(F)N1CCCC1. The van der Waals surface area contributed by atoms with Gasteiger partial charge in [-0.25, -0.2) is 9.69 Å². The molecular weight excluding hydrogens is 137 g/mol. The van der Waals surface area contributed by atoms with Crippen LogP contribution in [0.5, 0.6) is 0 Å². The predicted octanol–water partition coefficient (Wildman–Crippen LogP) is 0.262. The van der Waals surface area contributed by atoms with Gasteiger partial charge in [-0.1, -0.05) is 0 Å². The van der Waals surface area contributed by atoms with Crippen LogP contribution < -0.4 is 0 Å². The zero-order chi connectivity index (χ0) is 7.19. The van der Waals surface area contributed by atoms with Crippen LogP contribution in [0.25, 0.3) is 0 Å². The Labute approximate surface area is 57.8 Å². The molecule has 2 aliphatic heterocycles. The lowest BCUT2D eigenvalue weighted by Gasteiger charge is -2.11. The Kier molecular flexibility index (Phi) is 1.03. The van der Waals surface area contributed by atoms with Gasteiger partial charge in [0.2, 0.25) is 0 Å². The zero-order valence-electron chi connectivity index (χ0n) is 5.47. The maximum absolute atomic E-state index is 13.0. The predicted molar refractivity (Wildman–Crippen MR) is 30.7 cm³/mol. The lowest BCUT2D eigenvalue weighted by Crippen LogP contribution is -2.33. The van der Waals surface area contributed by atoms with E-state index in [0.717, 1.165) is 12.8 Å². The van der Waals surface area contributed by atoms with Crippen LogP contribution in [0.2, 0.25) is 0 Å². The number of epoxide rings is 1. The molecule has 0 amide bonds. The molecule has 0 aliphatic carbocycles. The Bertz CT molecular complexity index is 179. The molecule has 3 nitrogen and oxygen atoms in total. The highest BCUT2D eigenvalue weighted by molar-refractivity contribution is 5.90. The van der Waals surface area contributed by atoms with Crippen molar-refractivity contribution in [1.29, 1.82) is 0 Å². The summed E-state index contributed by atoms with van der Waals surface area (Å²) in [5.41, 5.74) is 0. The van der Waals surface area contributed by atoms with Crippen molar-refractivity contribution in [3.05, 3.63) is 0 Å². The third-order valence-corrected chi connectivity index (χ3v) is 1.95. The van der Waals surface area contributed by atoms with E-state index < -0.39 is 11.9 Å². The largest absolute Gasteiger partial charge is 0.413 e. The highest BCUT2D eigenvalue weighted by Crippen LogP contribution is 2.36. The van der Waals surface area contributed by atoms with Gasteiger partial charge < -0.3 is 4.74 Å². The molecule has 2 heterocycles. The van der Waals surface area contributed by atoms with Crippen LogP contribution in [0, 0.1) is 0 Å². The second kappa shape index (κ2) is 1.69. The molecular formula is C6H8FNO2. The van der Waals surface area contributed by atoms with Crippen molar-refractivity contribution in [1.82, 2.24) is 4.90 Å². The number of cyclic esters (lactones) is 1. The minimum atomic E-state index is -2.02. The van der Waals surface area contributed by atoms with Gasteiger partial charge in [0.05, 0.1) is 0 Å². The quantitative estimate of drug-likeness (QED) is 0.392. The molecule has 2 fully saturated rings. The Hall–Kier alpha value is -0.640. The van der Waals surface area contributed by atoms with Crippen molar-refractivity contribution in [3.8, 4) is 0 Å². The van der Waals surface area contributed by atoms with Crippen LogP contribution in [0.4, 0.5) is 4.39 Å². The molecule has 0 saturated carbocycles. The number of hydrogen-bond acceptors (Lipinski definition) is 3. The molecule has 2 rings (SSSR count). The molecule has 4 heteroatoms. The summed E-state index contributed by atoms with van der Waals surface area (Å²) in [7, 11) is 0. The fraction of sp³-hybridized carbons (Fsp3) is 0.833. The Morgan fingerprint density at radius 3 is 2.40 bits per heavy atom. The van der Waals surface area contributed by atoms with Crippen molar-refractivity contribution in [3.63, 3.8) is 0 Å². The lowest BCUT2D eigenvalue weighted by atomic mass is 10.4. The first kappa shape index (κ1) is 6.09. The number of ether oxygens (including phenoxy) is 1. The second-order valence-electron chi connectivity index (χ2n) is 2.64. The molecule has 2 saturated heterocycles. The third kappa shape index (κ3) is 0.653. The number of likely N-dealkylation sites (tertiary alicyclic amines) is 1. The number of nitrogens with zero attached hydrogens (tertiary/aromatic N) is 1. The molecule has 2 aliphatic rings. The van der Waals surface area contributed by atoms with E-state index in [1.807, 2.05) is 0 Å². The van der Waals surface area contributed by atoms with Gasteiger partial charge in [0.25, 0.3) is 0 Å². The first-order valence-electron chi connectivity index (χ1n) is 3.41. The van der Waals surface area contributed by atoms with E-state index in [2.05, 4.69) is 4.74 Å². The van der Waals surface area contributed by atoms with Gasteiger partial charge in [0.15, 0.2) is 0 Å². The molecule has 1 unspecified atom stereocenters. The van der Waals surface area contributed by atoms with Crippen molar-refractivity contribution >= 4 is 5.97 Å². The van der Waals surface area contributed by atoms with Crippen molar-refractivity contribution in [2.45, 2.75) is 18.8 Å². The molecule has 1 atom stereocenters. The Morgan fingerprint density at radius 2 is 2.00 bits per heavy atom. The smallest absolute Gasteiger partial charge is 0.399 e. The van der Waals surface area contributed by atoms with Crippen molar-refractivity contribution in [2.75, 3.05) is 13.1 Å². The molecule has 10 heavy (non-hydrogen) atoms. The highest BCUT2D eigenvalue weighted by atomic mass is 19.2. The normalized spacial score (nSPS) is 39.9. The zero-order valence-corrected chi connectivity index (χ0v) is 5.47. The first-order valence-corrected chi connectivity index (χ1v) is 3.41. The number of alkyl halides is 1. The summed E-state index contributed by atoms with van der Waals surface area (Å²) in [5, 5.41) is 0. The fourth-order valence-corrected chi connectivity index (χ4v) is 1.30. The van der Waals surface area contributed by atoms with E-state index in [0.29, 0.717) is 13.1 Å². The van der Waals surface area contributed by atoms with Crippen LogP contribution in [0.3, 0.4) is 0 Å². The van der Waals surface area contributed by atoms with Gasteiger partial charge in [0.1, 0.15) is 0 Å². The molecule has 0 aromatic rings. The van der Waals surface area contributed by atoms with E-state index in [9.17, 15) is 9.18 Å². The van der Waals surface area contributed by atoms with Crippen LogP contribution >= 0.6 is 0 Å². The van der Waals surface area contributed by atoms with Gasteiger partial charge in [-0.15, -0.1) is 0 Å². The molecule has 0 bridgehead atoms. The Balaban J connectivity index is 2.05. The second-order valence-corrected chi connectivity index (χ2v) is 2.64. The first-order chi connectivity index (χ1) is 4.73. The van der Waals surface area contributed by atoms with E-state index >= 15 is 0 Å². The maximum Gasteiger partial charge on any atom is 0.413 e. The van der Waals surface area contributed by atoms with Crippen LogP contribution in [0.15, 0.2) is 0 Å². The number of rotatable bonds is 1. The van der Waals surface area contributed by atoms with Gasteiger partial charge in [-0.05, 0) is 12.8 Å². The Morgan fingerprint density at radius 1 is 1.50 bits per heavy atom. The lowest BCUT2D eigenvalue weighted by molar-refractivity contribution is -0.118. The molecule has 56 valence electrons. The minimum Gasteiger partial charge on any atom is -0.399 e. The van der Waals surface area contributed by atoms with E-state index in [-0.39, 0.29) is 0 Å². The fourth-order valence-electron chi connectivity index (χ4n) is 1.30. The third-order valence-electron chi connectivity index (χ3n) is 1.95. The molecule has 0 radical (unpaired) electrons. The summed E-state index contributed by atoms with van der Waals surface area (Å²) < 4.78 is 17.2. The number of halogens is 1. The van der Waals surface area contributed by atoms with E-state index in [4.69, 9.17) is 0 Å². The van der Waals surface area contributed by atoms with Gasteiger partial charge in [0, 0.05) is 13.1 Å². The van der Waals surface area contributed by atoms with Crippen LogP contribution in [-0.4, -0.2) is 29.9 Å². The van der Waals surface area contributed by atoms with Crippen molar-refractivity contribution in [2.24, 2.45) is 0 Å².